The molecule has 0 radical (unpaired) electrons. The van der Waals surface area contributed by atoms with Gasteiger partial charge in [0.2, 0.25) is 5.95 Å². The number of carbonyl (C=O) groups is 1. The Labute approximate surface area is 94.6 Å². The number of rotatable bonds is 3. The van der Waals surface area contributed by atoms with Gasteiger partial charge in [-0.3, -0.25) is 0 Å². The largest absolute Gasteiger partial charge is 0.462 e. The smallest absolute Gasteiger partial charge is 0.338 e. The third kappa shape index (κ3) is 2.72. The lowest BCUT2D eigenvalue weighted by atomic mass is 10.1. The van der Waals surface area contributed by atoms with Crippen molar-refractivity contribution in [3.63, 3.8) is 0 Å². The van der Waals surface area contributed by atoms with Crippen LogP contribution in [0.4, 0.5) is 13.2 Å². The van der Waals surface area contributed by atoms with Crippen molar-refractivity contribution in [2.75, 3.05) is 6.61 Å². The molecule has 1 heterocycles. The number of hydrogen-bond donors (Lipinski definition) is 0. The molecule has 0 N–H and O–H groups in total. The zero-order valence-electron chi connectivity index (χ0n) is 8.71. The van der Waals surface area contributed by atoms with Crippen molar-refractivity contribution in [2.24, 2.45) is 0 Å². The maximum Gasteiger partial charge on any atom is 0.338 e. The van der Waals surface area contributed by atoms with Gasteiger partial charge in [0.1, 0.15) is 6.07 Å². The molecule has 1 aromatic heterocycles. The minimum absolute atomic E-state index is 0.0483. The molecule has 0 aliphatic heterocycles. The number of aromatic nitrogens is 1. The number of alkyl halides is 2. The van der Waals surface area contributed by atoms with Crippen LogP contribution in [0.15, 0.2) is 6.07 Å². The second kappa shape index (κ2) is 5.30. The van der Waals surface area contributed by atoms with Gasteiger partial charge in [-0.15, -0.1) is 0 Å². The highest BCUT2D eigenvalue weighted by Gasteiger charge is 2.25. The van der Waals surface area contributed by atoms with E-state index in [4.69, 9.17) is 5.26 Å². The van der Waals surface area contributed by atoms with E-state index < -0.39 is 35.2 Å². The molecule has 0 saturated carbocycles. The molecule has 0 atom stereocenters. The van der Waals surface area contributed by atoms with Crippen LogP contribution in [0.25, 0.3) is 0 Å². The summed E-state index contributed by atoms with van der Waals surface area (Å²) >= 11 is 0. The standard InChI is InChI=1S/C10H7F3N2O2/c1-2-17-10(16)5-3-7(11)15-6(4-14)8(5)9(12)13/h3,9H,2H2,1H3. The number of nitriles is 1. The summed E-state index contributed by atoms with van der Waals surface area (Å²) in [4.78, 5) is 14.3. The Morgan fingerprint density at radius 1 is 1.65 bits per heavy atom. The number of nitrogens with zero attached hydrogens (tertiary/aromatic N) is 2. The molecule has 0 aromatic carbocycles. The Hall–Kier alpha value is -2.10. The van der Waals surface area contributed by atoms with Gasteiger partial charge in [0.15, 0.2) is 5.69 Å². The molecule has 4 nitrogen and oxygen atoms in total. The van der Waals surface area contributed by atoms with Crippen LogP contribution in [-0.2, 0) is 4.74 Å². The first-order valence-corrected chi connectivity index (χ1v) is 4.57. The molecule has 0 fully saturated rings. The van der Waals surface area contributed by atoms with Gasteiger partial charge >= 0.3 is 5.97 Å². The van der Waals surface area contributed by atoms with E-state index in [9.17, 15) is 18.0 Å². The normalized spacial score (nSPS) is 10.1. The second-order valence-electron chi connectivity index (χ2n) is 2.89. The number of esters is 1. The topological polar surface area (TPSA) is 63.0 Å². The minimum Gasteiger partial charge on any atom is -0.462 e. The first-order chi connectivity index (χ1) is 8.01. The van der Waals surface area contributed by atoms with E-state index in [2.05, 4.69) is 9.72 Å². The summed E-state index contributed by atoms with van der Waals surface area (Å²) in [6.07, 6.45) is -3.11. The van der Waals surface area contributed by atoms with Crippen LogP contribution in [-0.4, -0.2) is 17.6 Å². The monoisotopic (exact) mass is 244 g/mol. The van der Waals surface area contributed by atoms with E-state index in [0.717, 1.165) is 0 Å². The molecule has 90 valence electrons. The fraction of sp³-hybridized carbons (Fsp3) is 0.300. The molecule has 0 spiro atoms. The third-order valence-electron chi connectivity index (χ3n) is 1.85. The van der Waals surface area contributed by atoms with Gasteiger partial charge in [-0.1, -0.05) is 0 Å². The van der Waals surface area contributed by atoms with Gasteiger partial charge in [0.05, 0.1) is 17.7 Å². The summed E-state index contributed by atoms with van der Waals surface area (Å²) in [6.45, 7) is 1.43. The van der Waals surface area contributed by atoms with E-state index in [0.29, 0.717) is 6.07 Å². The average Bonchev–Trinajstić information content (AvgIpc) is 2.27. The van der Waals surface area contributed by atoms with Gasteiger partial charge in [0, 0.05) is 6.07 Å². The van der Waals surface area contributed by atoms with Crippen LogP contribution in [0.2, 0.25) is 0 Å². The zero-order valence-corrected chi connectivity index (χ0v) is 8.71. The fourth-order valence-corrected chi connectivity index (χ4v) is 1.21. The van der Waals surface area contributed by atoms with Crippen molar-refractivity contribution in [2.45, 2.75) is 13.3 Å². The van der Waals surface area contributed by atoms with Crippen LogP contribution >= 0.6 is 0 Å². The number of ether oxygens (including phenoxy) is 1. The Balaban J connectivity index is 3.42. The highest BCUT2D eigenvalue weighted by Crippen LogP contribution is 2.26. The van der Waals surface area contributed by atoms with Crippen LogP contribution in [0.3, 0.4) is 0 Å². The Bertz CT molecular complexity index is 483. The zero-order chi connectivity index (χ0) is 13.0. The van der Waals surface area contributed by atoms with Crippen molar-refractivity contribution >= 4 is 5.97 Å². The molecular formula is C10H7F3N2O2. The van der Waals surface area contributed by atoms with Crippen LogP contribution in [0.5, 0.6) is 0 Å². The summed E-state index contributed by atoms with van der Waals surface area (Å²) < 4.78 is 42.8. The summed E-state index contributed by atoms with van der Waals surface area (Å²) in [5, 5.41) is 8.56. The molecule has 0 amide bonds. The number of carbonyl (C=O) groups excluding carboxylic acids is 1. The quantitative estimate of drug-likeness (QED) is 0.604. The van der Waals surface area contributed by atoms with Crippen LogP contribution < -0.4 is 0 Å². The van der Waals surface area contributed by atoms with Crippen molar-refractivity contribution in [1.29, 1.82) is 5.26 Å². The minimum atomic E-state index is -3.11. The van der Waals surface area contributed by atoms with E-state index in [1.54, 1.807) is 0 Å². The lowest BCUT2D eigenvalue weighted by molar-refractivity contribution is 0.0514. The van der Waals surface area contributed by atoms with E-state index in [1.807, 2.05) is 0 Å². The number of pyridine rings is 1. The molecule has 7 heteroatoms. The summed E-state index contributed by atoms with van der Waals surface area (Å²) in [7, 11) is 0. The summed E-state index contributed by atoms with van der Waals surface area (Å²) in [5.41, 5.74) is -2.40. The molecule has 17 heavy (non-hydrogen) atoms. The highest BCUT2D eigenvalue weighted by molar-refractivity contribution is 5.91. The van der Waals surface area contributed by atoms with Gasteiger partial charge in [-0.05, 0) is 6.92 Å². The fourth-order valence-electron chi connectivity index (χ4n) is 1.21. The molecule has 0 aliphatic carbocycles. The molecule has 1 rings (SSSR count). The SMILES string of the molecule is CCOC(=O)c1cc(F)nc(C#N)c1C(F)F. The first-order valence-electron chi connectivity index (χ1n) is 4.57. The third-order valence-corrected chi connectivity index (χ3v) is 1.85. The summed E-state index contributed by atoms with van der Waals surface area (Å²) in [6, 6.07) is 1.84. The van der Waals surface area contributed by atoms with Crippen LogP contribution in [0, 0.1) is 17.3 Å². The highest BCUT2D eigenvalue weighted by atomic mass is 19.3. The summed E-state index contributed by atoms with van der Waals surface area (Å²) in [5.74, 6) is -2.30. The van der Waals surface area contributed by atoms with Gasteiger partial charge in [-0.2, -0.15) is 9.65 Å². The van der Waals surface area contributed by atoms with Crippen molar-refractivity contribution in [3.8, 4) is 6.07 Å². The van der Waals surface area contributed by atoms with Gasteiger partial charge in [-0.25, -0.2) is 18.6 Å². The second-order valence-corrected chi connectivity index (χ2v) is 2.89. The van der Waals surface area contributed by atoms with E-state index in [-0.39, 0.29) is 6.61 Å². The molecule has 0 unspecified atom stereocenters. The molecule has 1 aromatic rings. The molecule has 0 bridgehead atoms. The van der Waals surface area contributed by atoms with Crippen LogP contribution in [0.1, 0.15) is 35.0 Å². The number of halogens is 3. The predicted octanol–water partition coefficient (Wildman–Crippen LogP) is 2.21. The van der Waals surface area contributed by atoms with E-state index in [1.165, 1.54) is 13.0 Å². The maximum absolute atomic E-state index is 12.9. The predicted molar refractivity (Wildman–Crippen MR) is 49.8 cm³/mol. The molecule has 0 saturated heterocycles. The Kier molecular flexibility index (Phi) is 4.04. The lowest BCUT2D eigenvalue weighted by Gasteiger charge is -2.09. The number of hydrogen-bond acceptors (Lipinski definition) is 4. The van der Waals surface area contributed by atoms with Crippen molar-refractivity contribution in [3.05, 3.63) is 28.8 Å². The maximum atomic E-state index is 12.9. The average molecular weight is 244 g/mol. The van der Waals surface area contributed by atoms with Crippen molar-refractivity contribution < 1.29 is 22.7 Å². The molecule has 0 aliphatic rings. The Morgan fingerprint density at radius 3 is 2.76 bits per heavy atom. The lowest BCUT2D eigenvalue weighted by Crippen LogP contribution is -2.12. The van der Waals surface area contributed by atoms with E-state index >= 15 is 0 Å². The van der Waals surface area contributed by atoms with Gasteiger partial charge in [0.25, 0.3) is 6.43 Å². The first kappa shape index (κ1) is 13.0. The molecular weight excluding hydrogens is 237 g/mol. The van der Waals surface area contributed by atoms with Crippen molar-refractivity contribution in [1.82, 2.24) is 4.98 Å². The Morgan fingerprint density at radius 2 is 2.29 bits per heavy atom. The van der Waals surface area contributed by atoms with Gasteiger partial charge < -0.3 is 4.74 Å².